The summed E-state index contributed by atoms with van der Waals surface area (Å²) in [6.45, 7) is 1.76. The lowest BCUT2D eigenvalue weighted by atomic mass is 10.1. The normalized spacial score (nSPS) is 11.2. The van der Waals surface area contributed by atoms with Crippen LogP contribution < -0.4 is 11.1 Å². The first-order valence-corrected chi connectivity index (χ1v) is 12.0. The molecule has 2 heterocycles. The molecule has 11 heteroatoms. The van der Waals surface area contributed by atoms with Crippen molar-refractivity contribution < 1.29 is 13.2 Å². The number of benzene rings is 2. The Balaban J connectivity index is 1.61. The summed E-state index contributed by atoms with van der Waals surface area (Å²) in [4.78, 5) is 21.5. The topological polar surface area (TPSA) is 157 Å². The number of nitrogens with one attached hydrogen (secondary N) is 2. The summed E-state index contributed by atoms with van der Waals surface area (Å²) in [6, 6.07) is 15.0. The first kappa shape index (κ1) is 22.8. The lowest BCUT2D eigenvalue weighted by molar-refractivity contribution is 0.101. The van der Waals surface area contributed by atoms with Crippen LogP contribution in [0.1, 0.15) is 21.7 Å². The lowest BCUT2D eigenvalue weighted by Gasteiger charge is -2.10. The van der Waals surface area contributed by atoms with Crippen LogP contribution in [-0.4, -0.2) is 46.2 Å². The van der Waals surface area contributed by atoms with Gasteiger partial charge in [0.15, 0.2) is 9.84 Å². The smallest absolute Gasteiger partial charge is 0.276 e. The van der Waals surface area contributed by atoms with E-state index in [1.165, 1.54) is 23.1 Å². The van der Waals surface area contributed by atoms with Crippen molar-refractivity contribution >= 4 is 27.5 Å². The minimum atomic E-state index is -3.44. The molecule has 4 rings (SSSR count). The van der Waals surface area contributed by atoms with E-state index < -0.39 is 15.7 Å². The number of nitrogens with two attached hydrogens (primary N) is 1. The number of carbonyl (C=O) groups excluding carboxylic acids is 1. The summed E-state index contributed by atoms with van der Waals surface area (Å²) >= 11 is 0. The Morgan fingerprint density at radius 2 is 1.76 bits per heavy atom. The predicted octanol–water partition coefficient (Wildman–Crippen LogP) is 2.58. The zero-order chi connectivity index (χ0) is 24.5. The molecule has 34 heavy (non-hydrogen) atoms. The quantitative estimate of drug-likeness (QED) is 0.286. The Bertz CT molecular complexity index is 1510. The van der Waals surface area contributed by atoms with E-state index in [0.717, 1.165) is 6.26 Å². The fourth-order valence-electron chi connectivity index (χ4n) is 3.39. The second-order valence-electron chi connectivity index (χ2n) is 7.56. The van der Waals surface area contributed by atoms with E-state index in [-0.39, 0.29) is 22.4 Å². The van der Waals surface area contributed by atoms with Gasteiger partial charge in [0.2, 0.25) is 5.95 Å². The van der Waals surface area contributed by atoms with E-state index in [9.17, 15) is 13.2 Å². The summed E-state index contributed by atoms with van der Waals surface area (Å²) in [7, 11) is -3.44. The monoisotopic (exact) mass is 475 g/mol. The second-order valence-corrected chi connectivity index (χ2v) is 9.55. The van der Waals surface area contributed by atoms with E-state index in [4.69, 9.17) is 11.1 Å². The van der Waals surface area contributed by atoms with Crippen LogP contribution in [0.15, 0.2) is 71.9 Å². The molecule has 0 saturated heterocycles. The van der Waals surface area contributed by atoms with Crippen molar-refractivity contribution in [3.8, 4) is 16.8 Å². The van der Waals surface area contributed by atoms with Gasteiger partial charge in [-0.05, 0) is 31.2 Å². The van der Waals surface area contributed by atoms with Crippen molar-refractivity contribution in [2.75, 3.05) is 11.6 Å². The lowest BCUT2D eigenvalue weighted by Crippen LogP contribution is -2.19. The molecule has 0 spiro atoms. The number of nitrogens with zero attached hydrogens (tertiary/aromatic N) is 4. The summed E-state index contributed by atoms with van der Waals surface area (Å²) in [6.07, 6.45) is 4.04. The number of hydrogen-bond acceptors (Lipinski definition) is 7. The third kappa shape index (κ3) is 4.69. The van der Waals surface area contributed by atoms with E-state index in [1.54, 1.807) is 55.5 Å². The number of nitrogen functional groups attached to an aromatic ring is 1. The molecule has 0 atom stereocenters. The van der Waals surface area contributed by atoms with Crippen LogP contribution in [0.2, 0.25) is 0 Å². The average molecular weight is 476 g/mol. The van der Waals surface area contributed by atoms with Crippen molar-refractivity contribution in [3.05, 3.63) is 83.9 Å². The van der Waals surface area contributed by atoms with Gasteiger partial charge < -0.3 is 5.73 Å². The van der Waals surface area contributed by atoms with Crippen LogP contribution in [0.5, 0.6) is 0 Å². The summed E-state index contributed by atoms with van der Waals surface area (Å²) in [5.74, 6) is -0.533. The zero-order valence-corrected chi connectivity index (χ0v) is 19.2. The molecular formula is C23H21N7O3S. The highest BCUT2D eigenvalue weighted by Crippen LogP contribution is 2.26. The molecule has 0 saturated carbocycles. The largest absolute Gasteiger partial charge is 0.384 e. The molecule has 0 aliphatic rings. The molecule has 0 aliphatic carbocycles. The van der Waals surface area contributed by atoms with Crippen molar-refractivity contribution in [3.63, 3.8) is 0 Å². The van der Waals surface area contributed by atoms with Gasteiger partial charge in [-0.3, -0.25) is 15.5 Å². The maximum absolute atomic E-state index is 13.0. The van der Waals surface area contributed by atoms with Gasteiger partial charge in [0, 0.05) is 35.3 Å². The summed E-state index contributed by atoms with van der Waals surface area (Å²) in [5.41, 5.74) is 8.49. The Kier molecular flexibility index (Phi) is 5.95. The van der Waals surface area contributed by atoms with Crippen LogP contribution in [0.3, 0.4) is 0 Å². The highest BCUT2D eigenvalue weighted by molar-refractivity contribution is 7.90. The predicted molar refractivity (Wildman–Crippen MR) is 128 cm³/mol. The van der Waals surface area contributed by atoms with E-state index in [2.05, 4.69) is 20.4 Å². The van der Waals surface area contributed by atoms with Crippen molar-refractivity contribution in [2.24, 2.45) is 5.73 Å². The van der Waals surface area contributed by atoms with Gasteiger partial charge in [-0.1, -0.05) is 30.3 Å². The number of carbonyl (C=O) groups is 1. The van der Waals surface area contributed by atoms with Gasteiger partial charge in [-0.15, -0.1) is 0 Å². The highest BCUT2D eigenvalue weighted by Gasteiger charge is 2.18. The van der Waals surface area contributed by atoms with Crippen LogP contribution >= 0.6 is 0 Å². The minimum absolute atomic E-state index is 0.0495. The first-order valence-electron chi connectivity index (χ1n) is 10.1. The van der Waals surface area contributed by atoms with Crippen LogP contribution in [0, 0.1) is 12.3 Å². The van der Waals surface area contributed by atoms with Crippen molar-refractivity contribution in [1.82, 2.24) is 19.7 Å². The molecule has 2 aromatic heterocycles. The van der Waals surface area contributed by atoms with Gasteiger partial charge >= 0.3 is 0 Å². The molecule has 1 amide bonds. The number of aryl methyl sites for hydroxylation is 1. The number of aromatic nitrogens is 4. The maximum Gasteiger partial charge on any atom is 0.276 e. The highest BCUT2D eigenvalue weighted by atomic mass is 32.2. The van der Waals surface area contributed by atoms with E-state index >= 15 is 0 Å². The van der Waals surface area contributed by atoms with Crippen molar-refractivity contribution in [1.29, 1.82) is 5.41 Å². The third-order valence-electron chi connectivity index (χ3n) is 4.94. The van der Waals surface area contributed by atoms with Gasteiger partial charge in [-0.25, -0.2) is 23.1 Å². The molecule has 0 bridgehead atoms. The van der Waals surface area contributed by atoms with Gasteiger partial charge in [0.1, 0.15) is 11.5 Å². The van der Waals surface area contributed by atoms with Crippen LogP contribution in [-0.2, 0) is 9.84 Å². The number of amides is 1. The molecule has 4 aromatic rings. The third-order valence-corrected chi connectivity index (χ3v) is 6.10. The summed E-state index contributed by atoms with van der Waals surface area (Å²) < 4.78 is 25.6. The standard InChI is InChI=1S/C23H21N7O3S/c1-14-10-19(30(29-14)17-7-5-6-15(11-17)21(24)25)22(31)28-23-26-12-16(13-27-23)18-8-3-4-9-20(18)34(2,32)33/h3-13H,1-2H3,(H3,24,25)(H,26,27,28,31). The molecule has 0 aliphatic heterocycles. The fourth-order valence-corrected chi connectivity index (χ4v) is 4.30. The van der Waals surface area contributed by atoms with Gasteiger partial charge in [0.05, 0.1) is 16.3 Å². The SMILES string of the molecule is Cc1cc(C(=O)Nc2ncc(-c3ccccc3S(C)(=O)=O)cn2)n(-c2cccc(C(=N)N)c2)n1. The number of amidine groups is 1. The fraction of sp³-hybridized carbons (Fsp3) is 0.0870. The minimum Gasteiger partial charge on any atom is -0.384 e. The Morgan fingerprint density at radius 3 is 2.44 bits per heavy atom. The molecular weight excluding hydrogens is 454 g/mol. The summed E-state index contributed by atoms with van der Waals surface area (Å²) in [5, 5.41) is 14.6. The number of rotatable bonds is 6. The molecule has 10 nitrogen and oxygen atoms in total. The first-order chi connectivity index (χ1) is 16.1. The number of anilines is 1. The van der Waals surface area contributed by atoms with E-state index in [1.807, 2.05) is 0 Å². The Hall–Kier alpha value is -4.38. The van der Waals surface area contributed by atoms with Gasteiger partial charge in [-0.2, -0.15) is 5.10 Å². The Morgan fingerprint density at radius 1 is 1.06 bits per heavy atom. The second kappa shape index (κ2) is 8.87. The molecule has 0 unspecified atom stereocenters. The average Bonchev–Trinajstić information content (AvgIpc) is 3.21. The number of sulfone groups is 1. The molecule has 4 N–H and O–H groups in total. The number of hydrogen-bond donors (Lipinski definition) is 3. The van der Waals surface area contributed by atoms with Crippen LogP contribution in [0.4, 0.5) is 5.95 Å². The van der Waals surface area contributed by atoms with Gasteiger partial charge in [0.25, 0.3) is 5.91 Å². The zero-order valence-electron chi connectivity index (χ0n) is 18.4. The van der Waals surface area contributed by atoms with E-state index in [0.29, 0.717) is 28.1 Å². The molecule has 2 aromatic carbocycles. The molecule has 0 fully saturated rings. The van der Waals surface area contributed by atoms with Crippen LogP contribution in [0.25, 0.3) is 16.8 Å². The van der Waals surface area contributed by atoms with Crippen molar-refractivity contribution in [2.45, 2.75) is 11.8 Å². The molecule has 172 valence electrons. The Labute approximate surface area is 195 Å². The maximum atomic E-state index is 13.0. The molecule has 0 radical (unpaired) electrons.